The van der Waals surface area contributed by atoms with Crippen molar-refractivity contribution in [3.63, 3.8) is 0 Å². The summed E-state index contributed by atoms with van der Waals surface area (Å²) in [5, 5.41) is 0. The van der Waals surface area contributed by atoms with Gasteiger partial charge in [-0.25, -0.2) is 4.39 Å². The van der Waals surface area contributed by atoms with Crippen molar-refractivity contribution in [3.8, 4) is 5.75 Å². The van der Waals surface area contributed by atoms with Gasteiger partial charge in [-0.05, 0) is 36.8 Å². The van der Waals surface area contributed by atoms with Gasteiger partial charge in [0.25, 0.3) is 5.91 Å². The lowest BCUT2D eigenvalue weighted by atomic mass is 10.1. The maximum absolute atomic E-state index is 14.0. The van der Waals surface area contributed by atoms with Crippen LogP contribution in [0.1, 0.15) is 22.8 Å². The van der Waals surface area contributed by atoms with Crippen molar-refractivity contribution >= 4 is 16.0 Å². The van der Waals surface area contributed by atoms with E-state index in [0.717, 1.165) is 5.56 Å². The van der Waals surface area contributed by atoms with Crippen LogP contribution in [0.2, 0.25) is 0 Å². The third-order valence-electron chi connectivity index (χ3n) is 3.83. The van der Waals surface area contributed by atoms with E-state index in [9.17, 15) is 17.6 Å². The summed E-state index contributed by atoms with van der Waals surface area (Å²) < 4.78 is 46.9. The number of amides is 1. The molecule has 0 saturated carbocycles. The lowest BCUT2D eigenvalue weighted by Crippen LogP contribution is -2.34. The summed E-state index contributed by atoms with van der Waals surface area (Å²) in [6.45, 7) is 2.30. The summed E-state index contributed by atoms with van der Waals surface area (Å²) in [5.74, 6) is -0.960. The number of ether oxygens (including phenoxy) is 1. The van der Waals surface area contributed by atoms with E-state index in [-0.39, 0.29) is 30.2 Å². The van der Waals surface area contributed by atoms with Crippen molar-refractivity contribution in [3.05, 3.63) is 65.5 Å². The molecule has 0 spiro atoms. The smallest absolute Gasteiger partial charge is 0.308 e. The minimum Gasteiger partial charge on any atom is -0.383 e. The summed E-state index contributed by atoms with van der Waals surface area (Å²) in [6.07, 6.45) is 0. The second-order valence-electron chi connectivity index (χ2n) is 5.77. The molecule has 0 aliphatic rings. The van der Waals surface area contributed by atoms with Gasteiger partial charge in [0.2, 0.25) is 0 Å². The van der Waals surface area contributed by atoms with Crippen LogP contribution in [0.5, 0.6) is 5.75 Å². The van der Waals surface area contributed by atoms with E-state index >= 15 is 0 Å². The largest absolute Gasteiger partial charge is 0.383 e. The number of nitrogens with zero attached hydrogens (tertiary/aromatic N) is 1. The normalized spacial score (nSPS) is 11.2. The molecule has 0 radical (unpaired) electrons. The highest BCUT2D eigenvalue weighted by molar-refractivity contribution is 7.87. The molecule has 0 atom stereocenters. The number of rotatable bonds is 9. The topological polar surface area (TPSA) is 72.9 Å². The molecule has 27 heavy (non-hydrogen) atoms. The van der Waals surface area contributed by atoms with Crippen LogP contribution in [-0.2, 0) is 21.4 Å². The average molecular weight is 395 g/mol. The Morgan fingerprint density at radius 3 is 2.37 bits per heavy atom. The Balaban J connectivity index is 2.16. The first-order chi connectivity index (χ1) is 12.9. The standard InChI is InChI=1S/C19H22FNO5S/c1-3-27(23,24)26-16-10-8-15(9-11-16)14-21(12-13-25-2)19(22)17-6-4-5-7-18(17)20/h4-11H,3,12-14H2,1-2H3. The zero-order valence-electron chi connectivity index (χ0n) is 15.2. The molecule has 0 unspecified atom stereocenters. The second kappa shape index (κ2) is 9.48. The van der Waals surface area contributed by atoms with Gasteiger partial charge in [0, 0.05) is 20.2 Å². The van der Waals surface area contributed by atoms with Crippen LogP contribution in [0, 0.1) is 5.82 Å². The lowest BCUT2D eigenvalue weighted by molar-refractivity contribution is 0.0676. The van der Waals surface area contributed by atoms with E-state index in [1.54, 1.807) is 18.2 Å². The molecule has 0 aliphatic carbocycles. The van der Waals surface area contributed by atoms with Crippen LogP contribution in [0.3, 0.4) is 0 Å². The zero-order valence-corrected chi connectivity index (χ0v) is 16.0. The molecule has 0 fully saturated rings. The summed E-state index contributed by atoms with van der Waals surface area (Å²) in [7, 11) is -2.08. The van der Waals surface area contributed by atoms with Gasteiger partial charge in [-0.15, -0.1) is 0 Å². The molecule has 0 saturated heterocycles. The number of carbonyl (C=O) groups is 1. The Morgan fingerprint density at radius 1 is 1.11 bits per heavy atom. The summed E-state index contributed by atoms with van der Waals surface area (Å²) in [5.41, 5.74) is 0.736. The zero-order chi connectivity index (χ0) is 19.9. The second-order valence-corrected chi connectivity index (χ2v) is 7.63. The van der Waals surface area contributed by atoms with Crippen LogP contribution < -0.4 is 4.18 Å². The predicted octanol–water partition coefficient (Wildman–Crippen LogP) is 2.84. The molecular formula is C19H22FNO5S. The fourth-order valence-electron chi connectivity index (χ4n) is 2.34. The molecule has 0 aromatic heterocycles. The van der Waals surface area contributed by atoms with Crippen LogP contribution in [0.4, 0.5) is 4.39 Å². The molecule has 146 valence electrons. The van der Waals surface area contributed by atoms with Gasteiger partial charge in [-0.1, -0.05) is 24.3 Å². The van der Waals surface area contributed by atoms with E-state index in [0.29, 0.717) is 6.61 Å². The van der Waals surface area contributed by atoms with Gasteiger partial charge in [-0.2, -0.15) is 8.42 Å². The fraction of sp³-hybridized carbons (Fsp3) is 0.316. The molecule has 8 heteroatoms. The van der Waals surface area contributed by atoms with E-state index in [4.69, 9.17) is 8.92 Å². The van der Waals surface area contributed by atoms with Gasteiger partial charge >= 0.3 is 10.1 Å². The van der Waals surface area contributed by atoms with Crippen molar-refractivity contribution in [2.24, 2.45) is 0 Å². The van der Waals surface area contributed by atoms with Crippen molar-refractivity contribution in [1.29, 1.82) is 0 Å². The Hall–Kier alpha value is -2.45. The van der Waals surface area contributed by atoms with E-state index in [1.807, 2.05) is 0 Å². The van der Waals surface area contributed by atoms with E-state index < -0.39 is 21.8 Å². The number of halogens is 1. The number of methoxy groups -OCH3 is 1. The van der Waals surface area contributed by atoms with E-state index in [1.165, 1.54) is 49.3 Å². The number of hydrogen-bond acceptors (Lipinski definition) is 5. The van der Waals surface area contributed by atoms with Gasteiger partial charge in [0.1, 0.15) is 11.6 Å². The van der Waals surface area contributed by atoms with Crippen LogP contribution in [0.25, 0.3) is 0 Å². The Morgan fingerprint density at radius 2 is 1.78 bits per heavy atom. The molecule has 0 heterocycles. The quantitative estimate of drug-likeness (QED) is 0.611. The molecule has 0 bridgehead atoms. The third kappa shape index (κ3) is 6.04. The number of carbonyl (C=O) groups excluding carboxylic acids is 1. The summed E-state index contributed by atoms with van der Waals surface area (Å²) >= 11 is 0. The Bertz CT molecular complexity index is 868. The maximum atomic E-state index is 14.0. The molecule has 0 N–H and O–H groups in total. The number of hydrogen-bond donors (Lipinski definition) is 0. The van der Waals surface area contributed by atoms with Crippen molar-refractivity contribution < 1.29 is 26.5 Å². The summed E-state index contributed by atoms with van der Waals surface area (Å²) in [4.78, 5) is 14.2. The summed E-state index contributed by atoms with van der Waals surface area (Å²) in [6, 6.07) is 12.2. The molecule has 2 aromatic rings. The van der Waals surface area contributed by atoms with Crippen LogP contribution in [-0.4, -0.2) is 45.2 Å². The molecular weight excluding hydrogens is 373 g/mol. The number of benzene rings is 2. The Kier molecular flexibility index (Phi) is 7.32. The van der Waals surface area contributed by atoms with Crippen molar-refractivity contribution in [2.45, 2.75) is 13.5 Å². The first kappa shape index (κ1) is 20.9. The van der Waals surface area contributed by atoms with Crippen LogP contribution in [0.15, 0.2) is 48.5 Å². The lowest BCUT2D eigenvalue weighted by Gasteiger charge is -2.23. The molecule has 0 aliphatic heterocycles. The third-order valence-corrected chi connectivity index (χ3v) is 4.98. The van der Waals surface area contributed by atoms with Gasteiger partial charge in [0.05, 0.1) is 17.9 Å². The minimum atomic E-state index is -3.60. The molecule has 2 rings (SSSR count). The molecule has 2 aromatic carbocycles. The average Bonchev–Trinajstić information content (AvgIpc) is 2.66. The van der Waals surface area contributed by atoms with Gasteiger partial charge in [-0.3, -0.25) is 4.79 Å². The van der Waals surface area contributed by atoms with Crippen molar-refractivity contribution in [2.75, 3.05) is 26.0 Å². The SMILES string of the molecule is CCS(=O)(=O)Oc1ccc(CN(CCOC)C(=O)c2ccccc2F)cc1. The maximum Gasteiger partial charge on any atom is 0.308 e. The molecule has 6 nitrogen and oxygen atoms in total. The first-order valence-electron chi connectivity index (χ1n) is 8.40. The first-order valence-corrected chi connectivity index (χ1v) is 9.98. The molecule has 1 amide bonds. The van der Waals surface area contributed by atoms with Crippen LogP contribution >= 0.6 is 0 Å². The minimum absolute atomic E-state index is 0.0115. The highest BCUT2D eigenvalue weighted by Gasteiger charge is 2.19. The highest BCUT2D eigenvalue weighted by Crippen LogP contribution is 2.17. The monoisotopic (exact) mass is 395 g/mol. The predicted molar refractivity (Wildman–Crippen MR) is 99.5 cm³/mol. The van der Waals surface area contributed by atoms with Gasteiger partial charge in [0.15, 0.2) is 0 Å². The van der Waals surface area contributed by atoms with Crippen molar-refractivity contribution in [1.82, 2.24) is 4.90 Å². The highest BCUT2D eigenvalue weighted by atomic mass is 32.2. The van der Waals surface area contributed by atoms with E-state index in [2.05, 4.69) is 0 Å². The fourth-order valence-corrected chi connectivity index (χ4v) is 2.86. The van der Waals surface area contributed by atoms with Gasteiger partial charge < -0.3 is 13.8 Å². The Labute approximate surface area is 158 Å².